The Morgan fingerprint density at radius 1 is 0.971 bits per heavy atom. The van der Waals surface area contributed by atoms with E-state index in [-0.39, 0.29) is 17.9 Å². The maximum Gasteiger partial charge on any atom is 0.322 e. The average molecular weight is 477 g/mol. The predicted molar refractivity (Wildman–Crippen MR) is 131 cm³/mol. The number of urea groups is 1. The van der Waals surface area contributed by atoms with Crippen LogP contribution in [0.25, 0.3) is 0 Å². The SMILES string of the molecule is N#C/N=C(/Nc1ccc(F)cc1)N1CCN(C(=O)Nc2ccc(Cl)cc2)C(c2ccccc2)C1. The number of anilines is 2. The molecule has 1 aliphatic rings. The van der Waals surface area contributed by atoms with E-state index in [0.717, 1.165) is 5.56 Å². The Balaban J connectivity index is 1.56. The first-order chi connectivity index (χ1) is 16.5. The number of piperazine rings is 1. The molecule has 2 amide bonds. The van der Waals surface area contributed by atoms with Crippen LogP contribution in [0.5, 0.6) is 0 Å². The molecular formula is C25H22ClFN6O. The number of hydrogen-bond donors (Lipinski definition) is 2. The third kappa shape index (κ3) is 5.63. The first-order valence-corrected chi connectivity index (χ1v) is 11.0. The number of guanidine groups is 1. The van der Waals surface area contributed by atoms with E-state index in [1.165, 1.54) is 12.1 Å². The Bertz CT molecular complexity index is 1190. The van der Waals surface area contributed by atoms with Crippen molar-refractivity contribution in [3.05, 3.63) is 95.3 Å². The third-order valence-electron chi connectivity index (χ3n) is 5.48. The van der Waals surface area contributed by atoms with Crippen molar-refractivity contribution < 1.29 is 9.18 Å². The standard InChI is InChI=1S/C25H22ClFN6O/c26-19-6-10-22(11-7-19)31-25(34)33-15-14-32(16-23(33)18-4-2-1-3-5-18)24(29-17-28)30-21-12-8-20(27)9-13-21/h1-13,23H,14-16H2,(H,29,30)(H,31,34). The van der Waals surface area contributed by atoms with Gasteiger partial charge in [-0.2, -0.15) is 5.26 Å². The van der Waals surface area contributed by atoms with Crippen LogP contribution in [-0.4, -0.2) is 41.4 Å². The maximum atomic E-state index is 13.3. The summed E-state index contributed by atoms with van der Waals surface area (Å²) in [6.45, 7) is 1.26. The Morgan fingerprint density at radius 2 is 1.62 bits per heavy atom. The molecule has 34 heavy (non-hydrogen) atoms. The van der Waals surface area contributed by atoms with Crippen molar-refractivity contribution in [1.82, 2.24) is 9.80 Å². The van der Waals surface area contributed by atoms with Crippen molar-refractivity contribution in [3.8, 4) is 6.19 Å². The van der Waals surface area contributed by atoms with Crippen molar-refractivity contribution in [1.29, 1.82) is 5.26 Å². The fourth-order valence-corrected chi connectivity index (χ4v) is 3.92. The molecule has 1 saturated heterocycles. The van der Waals surface area contributed by atoms with Crippen LogP contribution >= 0.6 is 11.6 Å². The number of nitriles is 1. The molecule has 0 aromatic heterocycles. The van der Waals surface area contributed by atoms with E-state index in [0.29, 0.717) is 42.0 Å². The van der Waals surface area contributed by atoms with E-state index in [1.807, 2.05) is 41.4 Å². The number of carbonyl (C=O) groups is 1. The molecule has 2 N–H and O–H groups in total. The van der Waals surface area contributed by atoms with Crippen LogP contribution in [0.3, 0.4) is 0 Å². The van der Waals surface area contributed by atoms with Gasteiger partial charge in [-0.05, 0) is 54.1 Å². The molecule has 0 saturated carbocycles. The molecule has 0 spiro atoms. The van der Waals surface area contributed by atoms with Gasteiger partial charge in [0.25, 0.3) is 0 Å². The monoisotopic (exact) mass is 476 g/mol. The van der Waals surface area contributed by atoms with Gasteiger partial charge in [-0.25, -0.2) is 9.18 Å². The molecule has 1 fully saturated rings. The van der Waals surface area contributed by atoms with E-state index < -0.39 is 0 Å². The molecule has 0 radical (unpaired) electrons. The number of rotatable bonds is 3. The molecule has 172 valence electrons. The minimum absolute atomic E-state index is 0.235. The lowest BCUT2D eigenvalue weighted by atomic mass is 10.0. The summed E-state index contributed by atoms with van der Waals surface area (Å²) in [5, 5.41) is 15.9. The first kappa shape index (κ1) is 23.1. The van der Waals surface area contributed by atoms with Crippen LogP contribution in [0, 0.1) is 17.3 Å². The fourth-order valence-electron chi connectivity index (χ4n) is 3.79. The van der Waals surface area contributed by atoms with Crippen molar-refractivity contribution in [2.45, 2.75) is 6.04 Å². The Hall–Kier alpha value is -4.09. The van der Waals surface area contributed by atoms with Gasteiger partial charge in [0.2, 0.25) is 12.2 Å². The smallest absolute Gasteiger partial charge is 0.322 e. The molecule has 3 aromatic rings. The topological polar surface area (TPSA) is 83.8 Å². The highest BCUT2D eigenvalue weighted by Gasteiger charge is 2.33. The molecule has 3 aromatic carbocycles. The summed E-state index contributed by atoms with van der Waals surface area (Å²) in [7, 11) is 0. The number of hydrogen-bond acceptors (Lipinski definition) is 3. The summed E-state index contributed by atoms with van der Waals surface area (Å²) in [6.07, 6.45) is 1.83. The van der Waals surface area contributed by atoms with Gasteiger partial charge in [-0.15, -0.1) is 4.99 Å². The number of benzene rings is 3. The fraction of sp³-hybridized carbons (Fsp3) is 0.160. The van der Waals surface area contributed by atoms with Gasteiger partial charge in [0, 0.05) is 36.0 Å². The Morgan fingerprint density at radius 3 is 2.29 bits per heavy atom. The molecule has 0 bridgehead atoms. The molecule has 9 heteroatoms. The van der Waals surface area contributed by atoms with Crippen LogP contribution in [0.4, 0.5) is 20.6 Å². The summed E-state index contributed by atoms with van der Waals surface area (Å²) in [4.78, 5) is 20.8. The number of nitrogens with one attached hydrogen (secondary N) is 2. The average Bonchev–Trinajstić information content (AvgIpc) is 2.86. The highest BCUT2D eigenvalue weighted by Crippen LogP contribution is 2.27. The Labute approximate surface area is 202 Å². The summed E-state index contributed by atoms with van der Waals surface area (Å²) < 4.78 is 13.3. The van der Waals surface area contributed by atoms with Crippen LogP contribution in [0.1, 0.15) is 11.6 Å². The second kappa shape index (κ2) is 10.7. The van der Waals surface area contributed by atoms with Crippen molar-refractivity contribution in [2.24, 2.45) is 4.99 Å². The van der Waals surface area contributed by atoms with Gasteiger partial charge in [-0.1, -0.05) is 41.9 Å². The van der Waals surface area contributed by atoms with E-state index in [9.17, 15) is 14.4 Å². The molecule has 1 heterocycles. The van der Waals surface area contributed by atoms with Gasteiger partial charge in [0.1, 0.15) is 5.82 Å². The van der Waals surface area contributed by atoms with E-state index >= 15 is 0 Å². The van der Waals surface area contributed by atoms with Gasteiger partial charge < -0.3 is 20.4 Å². The number of amides is 2. The second-order valence-electron chi connectivity index (χ2n) is 7.67. The van der Waals surface area contributed by atoms with E-state index in [2.05, 4.69) is 15.6 Å². The van der Waals surface area contributed by atoms with Gasteiger partial charge in [0.15, 0.2) is 0 Å². The molecule has 1 atom stereocenters. The number of nitrogens with zero attached hydrogens (tertiary/aromatic N) is 4. The lowest BCUT2D eigenvalue weighted by molar-refractivity contribution is 0.136. The molecule has 7 nitrogen and oxygen atoms in total. The quantitative estimate of drug-likeness (QED) is 0.304. The van der Waals surface area contributed by atoms with Crippen molar-refractivity contribution >= 4 is 35.0 Å². The zero-order valence-electron chi connectivity index (χ0n) is 18.2. The third-order valence-corrected chi connectivity index (χ3v) is 5.73. The van der Waals surface area contributed by atoms with Gasteiger partial charge in [0.05, 0.1) is 6.04 Å². The second-order valence-corrected chi connectivity index (χ2v) is 8.11. The van der Waals surface area contributed by atoms with Crippen molar-refractivity contribution in [3.63, 3.8) is 0 Å². The van der Waals surface area contributed by atoms with Crippen LogP contribution in [0.2, 0.25) is 5.02 Å². The number of carbonyl (C=O) groups excluding carboxylic acids is 1. The van der Waals surface area contributed by atoms with Gasteiger partial charge in [-0.3, -0.25) is 0 Å². The minimum Gasteiger partial charge on any atom is -0.338 e. The zero-order valence-corrected chi connectivity index (χ0v) is 18.9. The van der Waals surface area contributed by atoms with E-state index in [1.54, 1.807) is 41.3 Å². The molecule has 1 aliphatic heterocycles. The van der Waals surface area contributed by atoms with Crippen LogP contribution < -0.4 is 10.6 Å². The van der Waals surface area contributed by atoms with Crippen molar-refractivity contribution in [2.75, 3.05) is 30.3 Å². The number of halogens is 2. The summed E-state index contributed by atoms with van der Waals surface area (Å²) in [5.41, 5.74) is 2.21. The maximum absolute atomic E-state index is 13.3. The molecule has 1 unspecified atom stereocenters. The Kier molecular flexibility index (Phi) is 7.25. The lowest BCUT2D eigenvalue weighted by Crippen LogP contribution is -2.54. The highest BCUT2D eigenvalue weighted by atomic mass is 35.5. The molecular weight excluding hydrogens is 455 g/mol. The van der Waals surface area contributed by atoms with Crippen LogP contribution in [0.15, 0.2) is 83.9 Å². The van der Waals surface area contributed by atoms with E-state index in [4.69, 9.17) is 11.6 Å². The van der Waals surface area contributed by atoms with Crippen LogP contribution in [-0.2, 0) is 0 Å². The minimum atomic E-state index is -0.353. The first-order valence-electron chi connectivity index (χ1n) is 10.7. The molecule has 4 rings (SSSR count). The van der Waals surface area contributed by atoms with Gasteiger partial charge >= 0.3 is 6.03 Å². The summed E-state index contributed by atoms with van der Waals surface area (Å²) in [6, 6.07) is 21.9. The zero-order chi connectivity index (χ0) is 23.9. The number of aliphatic imine (C=N–C) groups is 1. The normalized spacial score (nSPS) is 16.0. The molecule has 0 aliphatic carbocycles. The summed E-state index contributed by atoms with van der Waals surface area (Å²) >= 11 is 5.95. The predicted octanol–water partition coefficient (Wildman–Crippen LogP) is 5.32. The highest BCUT2D eigenvalue weighted by molar-refractivity contribution is 6.30. The summed E-state index contributed by atoms with van der Waals surface area (Å²) in [5.74, 6) is -0.0124. The lowest BCUT2D eigenvalue weighted by Gasteiger charge is -2.42. The largest absolute Gasteiger partial charge is 0.338 e.